The molecule has 2 rings (SSSR count). The van der Waals surface area contributed by atoms with Crippen LogP contribution in [0, 0.1) is 11.8 Å². The molecule has 0 spiro atoms. The van der Waals surface area contributed by atoms with Gasteiger partial charge in [-0.2, -0.15) is 0 Å². The van der Waals surface area contributed by atoms with Gasteiger partial charge in [0, 0.05) is 39.3 Å². The highest BCUT2D eigenvalue weighted by atomic mass is 16.5. The highest BCUT2D eigenvalue weighted by molar-refractivity contribution is 5.80. The van der Waals surface area contributed by atoms with Crippen LogP contribution in [-0.2, 0) is 4.74 Å². The van der Waals surface area contributed by atoms with Gasteiger partial charge in [-0.25, -0.2) is 4.79 Å². The van der Waals surface area contributed by atoms with E-state index in [-0.39, 0.29) is 12.1 Å². The number of ether oxygens (including phenoxy) is 1. The largest absolute Gasteiger partial charge is 0.450 e. The molecule has 1 unspecified atom stereocenters. The number of hydrogen-bond acceptors (Lipinski definition) is 4. The maximum absolute atomic E-state index is 11.8. The fraction of sp³-hybridized carbons (Fsp3) is 0.895. The number of hydrogen-bond donors (Lipinski definition) is 2. The van der Waals surface area contributed by atoms with Gasteiger partial charge in [0.1, 0.15) is 0 Å². The minimum absolute atomic E-state index is 0.0740. The normalized spacial score (nSPS) is 20.2. The van der Waals surface area contributed by atoms with Gasteiger partial charge >= 0.3 is 6.09 Å². The third kappa shape index (κ3) is 7.02. The quantitative estimate of drug-likeness (QED) is 0.505. The zero-order valence-electron chi connectivity index (χ0n) is 17.0. The van der Waals surface area contributed by atoms with Crippen LogP contribution in [0.3, 0.4) is 0 Å². The first-order valence-corrected chi connectivity index (χ1v) is 10.2. The second-order valence-electron chi connectivity index (χ2n) is 7.68. The van der Waals surface area contributed by atoms with Crippen molar-refractivity contribution in [3.8, 4) is 0 Å². The average Bonchev–Trinajstić information content (AvgIpc) is 3.43. The minimum atomic E-state index is -0.327. The third-order valence-electron chi connectivity index (χ3n) is 4.84. The molecule has 2 aliphatic rings. The molecule has 1 amide bonds. The number of carbonyl (C=O) groups excluding carboxylic acids is 1. The number of amides is 1. The molecule has 0 aromatic rings. The number of aliphatic imine (C=N–C) groups is 1. The van der Waals surface area contributed by atoms with Gasteiger partial charge in [-0.05, 0) is 38.5 Å². The maximum atomic E-state index is 11.8. The third-order valence-corrected chi connectivity index (χ3v) is 4.84. The molecule has 1 aliphatic heterocycles. The van der Waals surface area contributed by atoms with Crippen molar-refractivity contribution >= 4 is 12.1 Å². The van der Waals surface area contributed by atoms with Crippen molar-refractivity contribution in [3.05, 3.63) is 0 Å². The number of nitrogens with one attached hydrogen (secondary N) is 2. The van der Waals surface area contributed by atoms with E-state index in [1.807, 2.05) is 6.92 Å². The van der Waals surface area contributed by atoms with Gasteiger partial charge in [0.15, 0.2) is 5.96 Å². The molecule has 1 heterocycles. The highest BCUT2D eigenvalue weighted by Gasteiger charge is 2.32. The Morgan fingerprint density at radius 3 is 2.42 bits per heavy atom. The lowest BCUT2D eigenvalue weighted by molar-refractivity contribution is 0.147. The molecule has 1 atom stereocenters. The molecule has 0 radical (unpaired) electrons. The summed E-state index contributed by atoms with van der Waals surface area (Å²) in [7, 11) is 0. The van der Waals surface area contributed by atoms with Crippen LogP contribution in [0.25, 0.3) is 0 Å². The summed E-state index contributed by atoms with van der Waals surface area (Å²) in [6.45, 7) is 15.6. The highest BCUT2D eigenvalue weighted by Crippen LogP contribution is 2.32. The molecule has 0 aromatic carbocycles. The van der Waals surface area contributed by atoms with E-state index in [1.165, 1.54) is 0 Å². The van der Waals surface area contributed by atoms with Crippen LogP contribution in [0.5, 0.6) is 0 Å². The number of piperazine rings is 1. The lowest BCUT2D eigenvalue weighted by atomic mass is 10.2. The second-order valence-corrected chi connectivity index (χ2v) is 7.68. The zero-order chi connectivity index (χ0) is 18.9. The van der Waals surface area contributed by atoms with Gasteiger partial charge in [0.2, 0.25) is 0 Å². The molecule has 0 aromatic heterocycles. The van der Waals surface area contributed by atoms with Crippen LogP contribution in [0.4, 0.5) is 4.79 Å². The lowest BCUT2D eigenvalue weighted by Gasteiger charge is -2.37. The smallest absolute Gasteiger partial charge is 0.407 e. The Kier molecular flexibility index (Phi) is 8.48. The van der Waals surface area contributed by atoms with Gasteiger partial charge < -0.3 is 20.3 Å². The minimum Gasteiger partial charge on any atom is -0.450 e. The number of carbonyl (C=O) groups is 1. The van der Waals surface area contributed by atoms with E-state index >= 15 is 0 Å². The Balaban J connectivity index is 1.89. The SMILES string of the molecule is CCNC(=NCC(NC(=O)OCC)C1CC1)N1CCN(CC(C)C)CC1. The van der Waals surface area contributed by atoms with Crippen LogP contribution in [0.15, 0.2) is 4.99 Å². The topological polar surface area (TPSA) is 69.2 Å². The maximum Gasteiger partial charge on any atom is 0.407 e. The van der Waals surface area contributed by atoms with E-state index < -0.39 is 0 Å². The molecular weight excluding hydrogens is 330 g/mol. The standard InChI is InChI=1S/C19H37N5O2/c1-5-20-18(24-11-9-23(10-12-24)14-15(3)4)21-13-17(16-7-8-16)22-19(25)26-6-2/h15-17H,5-14H2,1-4H3,(H,20,21)(H,22,25). The fourth-order valence-corrected chi connectivity index (χ4v) is 3.40. The lowest BCUT2D eigenvalue weighted by Crippen LogP contribution is -2.53. The molecule has 2 N–H and O–H groups in total. The van der Waals surface area contributed by atoms with Crippen molar-refractivity contribution in [2.24, 2.45) is 16.8 Å². The zero-order valence-corrected chi connectivity index (χ0v) is 17.0. The van der Waals surface area contributed by atoms with Crippen molar-refractivity contribution in [1.29, 1.82) is 0 Å². The van der Waals surface area contributed by atoms with Crippen LogP contribution < -0.4 is 10.6 Å². The van der Waals surface area contributed by atoms with E-state index in [0.29, 0.717) is 25.0 Å². The molecule has 2 fully saturated rings. The van der Waals surface area contributed by atoms with Crippen molar-refractivity contribution in [2.75, 3.05) is 52.4 Å². The summed E-state index contributed by atoms with van der Waals surface area (Å²) in [4.78, 5) is 21.5. The van der Waals surface area contributed by atoms with Gasteiger partial charge in [-0.15, -0.1) is 0 Å². The molecule has 1 saturated heterocycles. The summed E-state index contributed by atoms with van der Waals surface area (Å²) in [5.74, 6) is 2.21. The Hall–Kier alpha value is -1.50. The van der Waals surface area contributed by atoms with Crippen molar-refractivity contribution in [2.45, 2.75) is 46.6 Å². The van der Waals surface area contributed by atoms with Crippen LogP contribution in [-0.4, -0.2) is 80.3 Å². The van der Waals surface area contributed by atoms with E-state index in [9.17, 15) is 4.79 Å². The Morgan fingerprint density at radius 2 is 1.88 bits per heavy atom. The Labute approximate surface area is 158 Å². The summed E-state index contributed by atoms with van der Waals surface area (Å²) in [6, 6.07) is 0.0740. The van der Waals surface area contributed by atoms with Gasteiger partial charge in [-0.1, -0.05) is 13.8 Å². The monoisotopic (exact) mass is 367 g/mol. The molecule has 26 heavy (non-hydrogen) atoms. The fourth-order valence-electron chi connectivity index (χ4n) is 3.40. The number of rotatable bonds is 8. The molecule has 0 bridgehead atoms. The van der Waals surface area contributed by atoms with Crippen LogP contribution in [0.2, 0.25) is 0 Å². The van der Waals surface area contributed by atoms with Crippen molar-refractivity contribution < 1.29 is 9.53 Å². The predicted octanol–water partition coefficient (Wildman–Crippen LogP) is 1.75. The Morgan fingerprint density at radius 1 is 1.19 bits per heavy atom. The van der Waals surface area contributed by atoms with Crippen LogP contribution >= 0.6 is 0 Å². The second kappa shape index (κ2) is 10.6. The Bertz CT molecular complexity index is 457. The van der Waals surface area contributed by atoms with Gasteiger partial charge in [-0.3, -0.25) is 9.89 Å². The van der Waals surface area contributed by atoms with E-state index in [2.05, 4.69) is 41.2 Å². The summed E-state index contributed by atoms with van der Waals surface area (Å²) in [5.41, 5.74) is 0. The molecule has 150 valence electrons. The van der Waals surface area contributed by atoms with E-state index in [0.717, 1.165) is 58.1 Å². The summed E-state index contributed by atoms with van der Waals surface area (Å²) in [6.07, 6.45) is 2.00. The van der Waals surface area contributed by atoms with E-state index in [4.69, 9.17) is 9.73 Å². The summed E-state index contributed by atoms with van der Waals surface area (Å²) in [5, 5.41) is 6.40. The number of nitrogens with zero attached hydrogens (tertiary/aromatic N) is 3. The molecule has 1 aliphatic carbocycles. The molecule has 7 heteroatoms. The molecule has 1 saturated carbocycles. The summed E-state index contributed by atoms with van der Waals surface area (Å²) < 4.78 is 5.03. The first-order chi connectivity index (χ1) is 12.5. The summed E-state index contributed by atoms with van der Waals surface area (Å²) >= 11 is 0. The first kappa shape index (κ1) is 20.8. The average molecular weight is 368 g/mol. The van der Waals surface area contributed by atoms with Gasteiger partial charge in [0.05, 0.1) is 19.2 Å². The van der Waals surface area contributed by atoms with E-state index in [1.54, 1.807) is 0 Å². The van der Waals surface area contributed by atoms with Crippen molar-refractivity contribution in [1.82, 2.24) is 20.4 Å². The van der Waals surface area contributed by atoms with Crippen molar-refractivity contribution in [3.63, 3.8) is 0 Å². The molecular formula is C19H37N5O2. The number of alkyl carbamates (subject to hydrolysis) is 1. The predicted molar refractivity (Wildman–Crippen MR) is 105 cm³/mol. The van der Waals surface area contributed by atoms with Gasteiger partial charge in [0.25, 0.3) is 0 Å². The first-order valence-electron chi connectivity index (χ1n) is 10.2. The number of guanidine groups is 1. The van der Waals surface area contributed by atoms with Crippen LogP contribution in [0.1, 0.15) is 40.5 Å². The molecule has 7 nitrogen and oxygen atoms in total.